The van der Waals surface area contributed by atoms with Gasteiger partial charge in [0.15, 0.2) is 0 Å². The molecule has 1 fully saturated rings. The summed E-state index contributed by atoms with van der Waals surface area (Å²) in [4.78, 5) is 19.1. The summed E-state index contributed by atoms with van der Waals surface area (Å²) >= 11 is 0. The first-order chi connectivity index (χ1) is 10.6. The molecular weight excluding hydrogens is 281 g/mol. The molecule has 0 saturated carbocycles. The van der Waals surface area contributed by atoms with Crippen LogP contribution >= 0.6 is 0 Å². The fraction of sp³-hybridized carbons (Fsp3) is 0.412. The van der Waals surface area contributed by atoms with Gasteiger partial charge in [-0.1, -0.05) is 0 Å². The van der Waals surface area contributed by atoms with Gasteiger partial charge in [-0.15, -0.1) is 0 Å². The lowest BCUT2D eigenvalue weighted by Crippen LogP contribution is -2.33. The number of fused-ring (bicyclic) bond motifs is 1. The van der Waals surface area contributed by atoms with E-state index in [1.807, 2.05) is 6.92 Å². The SMILES string of the molecule is Cc1cc(C(=O)NCCN2CCCC2)c2cc(F)ccc2n1. The molecule has 1 aromatic carbocycles. The maximum absolute atomic E-state index is 13.5. The summed E-state index contributed by atoms with van der Waals surface area (Å²) in [6.45, 7) is 5.53. The minimum absolute atomic E-state index is 0.166. The summed E-state index contributed by atoms with van der Waals surface area (Å²) in [5.41, 5.74) is 1.89. The largest absolute Gasteiger partial charge is 0.351 e. The Hall–Kier alpha value is -2.01. The van der Waals surface area contributed by atoms with Crippen LogP contribution in [-0.4, -0.2) is 42.0 Å². The molecule has 22 heavy (non-hydrogen) atoms. The number of rotatable bonds is 4. The van der Waals surface area contributed by atoms with Crippen molar-refractivity contribution < 1.29 is 9.18 Å². The number of nitrogens with one attached hydrogen (secondary N) is 1. The predicted octanol–water partition coefficient (Wildman–Crippen LogP) is 2.51. The second-order valence-electron chi connectivity index (χ2n) is 5.78. The van der Waals surface area contributed by atoms with Gasteiger partial charge in [-0.3, -0.25) is 9.78 Å². The lowest BCUT2D eigenvalue weighted by atomic mass is 10.1. The van der Waals surface area contributed by atoms with Crippen molar-refractivity contribution in [3.05, 3.63) is 41.3 Å². The molecule has 2 aromatic rings. The molecule has 5 heteroatoms. The molecule has 3 rings (SSSR count). The molecule has 0 spiro atoms. The van der Waals surface area contributed by atoms with E-state index in [0.29, 0.717) is 23.0 Å². The Balaban J connectivity index is 1.76. The Kier molecular flexibility index (Phi) is 4.34. The zero-order valence-electron chi connectivity index (χ0n) is 12.7. The van der Waals surface area contributed by atoms with E-state index in [-0.39, 0.29) is 11.7 Å². The summed E-state index contributed by atoms with van der Waals surface area (Å²) in [7, 11) is 0. The average Bonchev–Trinajstić information content (AvgIpc) is 3.00. The van der Waals surface area contributed by atoms with Gasteiger partial charge in [0.25, 0.3) is 5.91 Å². The van der Waals surface area contributed by atoms with E-state index in [1.165, 1.54) is 25.0 Å². The number of likely N-dealkylation sites (tertiary alicyclic amines) is 1. The topological polar surface area (TPSA) is 45.2 Å². The van der Waals surface area contributed by atoms with Crippen LogP contribution in [0.1, 0.15) is 28.9 Å². The third-order valence-electron chi connectivity index (χ3n) is 4.06. The molecule has 0 bridgehead atoms. The highest BCUT2D eigenvalue weighted by Crippen LogP contribution is 2.19. The standard InChI is InChI=1S/C17H20FN3O/c1-12-10-15(14-11-13(18)4-5-16(14)20-12)17(22)19-6-9-21-7-2-3-8-21/h4-5,10-11H,2-3,6-9H2,1H3,(H,19,22). The van der Waals surface area contributed by atoms with Crippen LogP contribution in [0.3, 0.4) is 0 Å². The number of amides is 1. The Labute approximate surface area is 129 Å². The smallest absolute Gasteiger partial charge is 0.252 e. The maximum Gasteiger partial charge on any atom is 0.252 e. The molecule has 0 radical (unpaired) electrons. The molecule has 116 valence electrons. The number of carbonyl (C=O) groups is 1. The lowest BCUT2D eigenvalue weighted by Gasteiger charge is -2.15. The highest BCUT2D eigenvalue weighted by Gasteiger charge is 2.14. The number of aromatic nitrogens is 1. The van der Waals surface area contributed by atoms with E-state index in [4.69, 9.17) is 0 Å². The Morgan fingerprint density at radius 1 is 1.32 bits per heavy atom. The maximum atomic E-state index is 13.5. The van der Waals surface area contributed by atoms with Crippen molar-refractivity contribution in [2.24, 2.45) is 0 Å². The number of hydrogen-bond donors (Lipinski definition) is 1. The van der Waals surface area contributed by atoms with Gasteiger partial charge in [-0.05, 0) is 57.1 Å². The monoisotopic (exact) mass is 301 g/mol. The van der Waals surface area contributed by atoms with Gasteiger partial charge < -0.3 is 10.2 Å². The number of benzene rings is 1. The highest BCUT2D eigenvalue weighted by atomic mass is 19.1. The Morgan fingerprint density at radius 3 is 2.86 bits per heavy atom. The predicted molar refractivity (Wildman–Crippen MR) is 84.4 cm³/mol. The van der Waals surface area contributed by atoms with Crippen molar-refractivity contribution in [2.75, 3.05) is 26.2 Å². The number of halogens is 1. The van der Waals surface area contributed by atoms with Crippen molar-refractivity contribution >= 4 is 16.8 Å². The molecule has 1 saturated heterocycles. The molecule has 1 aliphatic rings. The van der Waals surface area contributed by atoms with Crippen LogP contribution in [0.4, 0.5) is 4.39 Å². The summed E-state index contributed by atoms with van der Waals surface area (Å²) < 4.78 is 13.5. The molecule has 1 N–H and O–H groups in total. The number of aryl methyl sites for hydroxylation is 1. The van der Waals surface area contributed by atoms with Gasteiger partial charge in [0.2, 0.25) is 0 Å². The quantitative estimate of drug-likeness (QED) is 0.944. The molecule has 2 heterocycles. The average molecular weight is 301 g/mol. The van der Waals surface area contributed by atoms with E-state index in [2.05, 4.69) is 15.2 Å². The zero-order chi connectivity index (χ0) is 15.5. The van der Waals surface area contributed by atoms with E-state index in [1.54, 1.807) is 12.1 Å². The number of nitrogens with zero attached hydrogens (tertiary/aromatic N) is 2. The number of hydrogen-bond acceptors (Lipinski definition) is 3. The summed E-state index contributed by atoms with van der Waals surface area (Å²) in [5.74, 6) is -0.524. The van der Waals surface area contributed by atoms with Gasteiger partial charge >= 0.3 is 0 Å². The van der Waals surface area contributed by atoms with Gasteiger partial charge in [0.05, 0.1) is 11.1 Å². The van der Waals surface area contributed by atoms with E-state index in [9.17, 15) is 9.18 Å². The zero-order valence-corrected chi connectivity index (χ0v) is 12.7. The second kappa shape index (κ2) is 6.40. The van der Waals surface area contributed by atoms with Crippen LogP contribution < -0.4 is 5.32 Å². The van der Waals surface area contributed by atoms with E-state index < -0.39 is 0 Å². The Morgan fingerprint density at radius 2 is 2.09 bits per heavy atom. The lowest BCUT2D eigenvalue weighted by molar-refractivity contribution is 0.0951. The van der Waals surface area contributed by atoms with Crippen molar-refractivity contribution in [3.63, 3.8) is 0 Å². The van der Waals surface area contributed by atoms with Crippen LogP contribution in [0.2, 0.25) is 0 Å². The third kappa shape index (κ3) is 3.25. The minimum Gasteiger partial charge on any atom is -0.351 e. The van der Waals surface area contributed by atoms with Crippen LogP contribution in [0.5, 0.6) is 0 Å². The molecule has 0 aliphatic carbocycles. The first kappa shape index (κ1) is 14.9. The van der Waals surface area contributed by atoms with Crippen molar-refractivity contribution in [1.29, 1.82) is 0 Å². The number of pyridine rings is 1. The van der Waals surface area contributed by atoms with Crippen LogP contribution in [0.25, 0.3) is 10.9 Å². The first-order valence-electron chi connectivity index (χ1n) is 7.71. The molecule has 0 atom stereocenters. The van der Waals surface area contributed by atoms with Crippen molar-refractivity contribution in [1.82, 2.24) is 15.2 Å². The van der Waals surface area contributed by atoms with Gasteiger partial charge in [0.1, 0.15) is 5.82 Å². The van der Waals surface area contributed by atoms with Crippen molar-refractivity contribution in [2.45, 2.75) is 19.8 Å². The summed E-state index contributed by atoms with van der Waals surface area (Å²) in [6, 6.07) is 6.06. The van der Waals surface area contributed by atoms with Crippen LogP contribution in [0, 0.1) is 12.7 Å². The van der Waals surface area contributed by atoms with Gasteiger partial charge in [-0.25, -0.2) is 4.39 Å². The van der Waals surface area contributed by atoms with E-state index >= 15 is 0 Å². The van der Waals surface area contributed by atoms with Gasteiger partial charge in [-0.2, -0.15) is 0 Å². The van der Waals surface area contributed by atoms with E-state index in [0.717, 1.165) is 25.3 Å². The van der Waals surface area contributed by atoms with Crippen LogP contribution in [-0.2, 0) is 0 Å². The van der Waals surface area contributed by atoms with Crippen LogP contribution in [0.15, 0.2) is 24.3 Å². The normalized spacial score (nSPS) is 15.4. The molecule has 4 nitrogen and oxygen atoms in total. The highest BCUT2D eigenvalue weighted by molar-refractivity contribution is 6.06. The third-order valence-corrected chi connectivity index (χ3v) is 4.06. The Bertz CT molecular complexity index is 696. The van der Waals surface area contributed by atoms with Crippen molar-refractivity contribution in [3.8, 4) is 0 Å². The first-order valence-corrected chi connectivity index (χ1v) is 7.71. The summed E-state index contributed by atoms with van der Waals surface area (Å²) in [5, 5.41) is 3.49. The van der Waals surface area contributed by atoms with Gasteiger partial charge in [0, 0.05) is 24.2 Å². The second-order valence-corrected chi connectivity index (χ2v) is 5.78. The molecule has 0 unspecified atom stereocenters. The summed E-state index contributed by atoms with van der Waals surface area (Å²) in [6.07, 6.45) is 2.48. The molecule has 1 amide bonds. The molecule has 1 aliphatic heterocycles. The number of carbonyl (C=O) groups excluding carboxylic acids is 1. The molecule has 1 aromatic heterocycles. The minimum atomic E-state index is -0.357. The molecular formula is C17H20FN3O. The fourth-order valence-corrected chi connectivity index (χ4v) is 2.95. The fourth-order valence-electron chi connectivity index (χ4n) is 2.95.